The second-order valence-electron chi connectivity index (χ2n) is 11.3. The molecule has 1 N–H and O–H groups in total. The summed E-state index contributed by atoms with van der Waals surface area (Å²) in [4.78, 5) is 23.2. The summed E-state index contributed by atoms with van der Waals surface area (Å²) >= 11 is 0. The van der Waals surface area contributed by atoms with Gasteiger partial charge in [-0.2, -0.15) is 0 Å². The maximum Gasteiger partial charge on any atom is 0.310 e. The molecule has 0 fully saturated rings. The van der Waals surface area contributed by atoms with Crippen molar-refractivity contribution in [1.29, 1.82) is 0 Å². The van der Waals surface area contributed by atoms with Crippen LogP contribution in [0.3, 0.4) is 0 Å². The van der Waals surface area contributed by atoms with Crippen LogP contribution in [0.15, 0.2) is 72.9 Å². The standard InChI is InChI=1S/C39H64O4/c1-3-5-7-9-11-13-14-15-16-17-18-20-22-28-32-36-39(42)43-37(33-29-25-21-19-12-10-8-6-4-2)34-30-26-23-24-27-31-35-38(40)41/h5,7,11,13,15-16,18,20,28-29,32-33,37H,3-4,6,8-10,12,14,17,19,21-27,30-31,34-36H2,1-2H3,(H,40,41)/b7-5-,13-11-,16-15-,20-18-,32-28-,33-29-. The summed E-state index contributed by atoms with van der Waals surface area (Å²) < 4.78 is 5.83. The Morgan fingerprint density at radius 1 is 0.581 bits per heavy atom. The number of ether oxygens (including phenoxy) is 1. The van der Waals surface area contributed by atoms with Gasteiger partial charge in [-0.05, 0) is 70.3 Å². The molecular formula is C39H64O4. The third-order valence-electron chi connectivity index (χ3n) is 7.18. The lowest BCUT2D eigenvalue weighted by Crippen LogP contribution is -2.15. The number of carboxylic acid groups (broad SMARTS) is 1. The molecule has 0 heterocycles. The van der Waals surface area contributed by atoms with E-state index < -0.39 is 5.97 Å². The summed E-state index contributed by atoms with van der Waals surface area (Å²) in [6.45, 7) is 4.40. The van der Waals surface area contributed by atoms with Gasteiger partial charge in [0.2, 0.25) is 0 Å². The number of carbonyl (C=O) groups excluding carboxylic acids is 1. The van der Waals surface area contributed by atoms with Crippen molar-refractivity contribution in [3.63, 3.8) is 0 Å². The number of allylic oxidation sites excluding steroid dienone is 10. The number of carbonyl (C=O) groups is 2. The summed E-state index contributed by atoms with van der Waals surface area (Å²) in [5, 5.41) is 8.75. The molecule has 0 bridgehead atoms. The van der Waals surface area contributed by atoms with E-state index in [4.69, 9.17) is 9.84 Å². The van der Waals surface area contributed by atoms with Crippen molar-refractivity contribution in [3.05, 3.63) is 72.9 Å². The molecule has 0 radical (unpaired) electrons. The van der Waals surface area contributed by atoms with Crippen molar-refractivity contribution < 1.29 is 19.4 Å². The van der Waals surface area contributed by atoms with Gasteiger partial charge in [0.25, 0.3) is 0 Å². The Bertz CT molecular complexity index is 815. The molecule has 4 nitrogen and oxygen atoms in total. The molecule has 0 aliphatic carbocycles. The Morgan fingerprint density at radius 3 is 1.63 bits per heavy atom. The fourth-order valence-electron chi connectivity index (χ4n) is 4.64. The number of hydrogen-bond donors (Lipinski definition) is 1. The third kappa shape index (κ3) is 33.7. The normalized spacial score (nSPS) is 13.2. The van der Waals surface area contributed by atoms with Gasteiger partial charge in [0, 0.05) is 6.42 Å². The van der Waals surface area contributed by atoms with E-state index in [0.717, 1.165) is 83.5 Å². The SMILES string of the molecule is CC/C=C\C/C=C\C/C=C\C/C=C\C/C=C\CC(=O)OC(/C=C\CCCCCCCCC)CCCCCCCCC(=O)O. The topological polar surface area (TPSA) is 63.6 Å². The zero-order chi connectivity index (χ0) is 31.5. The van der Waals surface area contributed by atoms with Crippen LogP contribution in [0.2, 0.25) is 0 Å². The first-order chi connectivity index (χ1) is 21.1. The second-order valence-corrected chi connectivity index (χ2v) is 11.3. The van der Waals surface area contributed by atoms with Gasteiger partial charge >= 0.3 is 11.9 Å². The Labute approximate surface area is 265 Å². The summed E-state index contributed by atoms with van der Waals surface area (Å²) in [5.41, 5.74) is 0. The Hall–Kier alpha value is -2.62. The summed E-state index contributed by atoms with van der Waals surface area (Å²) in [7, 11) is 0. The Balaban J connectivity index is 4.33. The van der Waals surface area contributed by atoms with E-state index in [1.807, 2.05) is 12.2 Å². The van der Waals surface area contributed by atoms with Crippen molar-refractivity contribution in [2.45, 2.75) is 161 Å². The van der Waals surface area contributed by atoms with Crippen LogP contribution in [0.5, 0.6) is 0 Å². The highest BCUT2D eigenvalue weighted by Gasteiger charge is 2.10. The van der Waals surface area contributed by atoms with Crippen molar-refractivity contribution in [3.8, 4) is 0 Å². The van der Waals surface area contributed by atoms with Gasteiger partial charge in [0.1, 0.15) is 6.10 Å². The monoisotopic (exact) mass is 596 g/mol. The first kappa shape index (κ1) is 40.4. The number of aliphatic carboxylic acids is 1. The molecule has 0 aromatic rings. The second kappa shape index (κ2) is 33.9. The van der Waals surface area contributed by atoms with Crippen molar-refractivity contribution in [2.24, 2.45) is 0 Å². The quantitative estimate of drug-likeness (QED) is 0.0509. The lowest BCUT2D eigenvalue weighted by Gasteiger charge is -2.14. The number of rotatable bonds is 30. The van der Waals surface area contributed by atoms with E-state index in [0.29, 0.717) is 6.42 Å². The van der Waals surface area contributed by atoms with Gasteiger partial charge in [0.15, 0.2) is 0 Å². The number of unbranched alkanes of at least 4 members (excludes halogenated alkanes) is 12. The van der Waals surface area contributed by atoms with Crippen LogP contribution in [0.25, 0.3) is 0 Å². The van der Waals surface area contributed by atoms with Crippen molar-refractivity contribution in [1.82, 2.24) is 0 Å². The number of esters is 1. The predicted octanol–water partition coefficient (Wildman–Crippen LogP) is 11.9. The van der Waals surface area contributed by atoms with E-state index in [1.54, 1.807) is 0 Å². The predicted molar refractivity (Wildman–Crippen MR) is 185 cm³/mol. The fraction of sp³-hybridized carbons (Fsp3) is 0.641. The van der Waals surface area contributed by atoms with Gasteiger partial charge in [-0.25, -0.2) is 0 Å². The molecule has 0 spiro atoms. The molecule has 0 amide bonds. The molecule has 1 unspecified atom stereocenters. The lowest BCUT2D eigenvalue weighted by molar-refractivity contribution is -0.146. The maximum atomic E-state index is 12.5. The van der Waals surface area contributed by atoms with Gasteiger partial charge in [-0.1, -0.05) is 145 Å². The summed E-state index contributed by atoms with van der Waals surface area (Å²) in [5.74, 6) is -0.877. The van der Waals surface area contributed by atoms with Crippen LogP contribution in [-0.2, 0) is 14.3 Å². The average molecular weight is 597 g/mol. The highest BCUT2D eigenvalue weighted by molar-refractivity contribution is 5.71. The van der Waals surface area contributed by atoms with Crippen molar-refractivity contribution >= 4 is 11.9 Å². The molecule has 0 aromatic heterocycles. The molecule has 0 saturated carbocycles. The Morgan fingerprint density at radius 2 is 1.07 bits per heavy atom. The minimum atomic E-state index is -0.711. The number of hydrogen-bond acceptors (Lipinski definition) is 3. The fourth-order valence-corrected chi connectivity index (χ4v) is 4.64. The van der Waals surface area contributed by atoms with Gasteiger partial charge in [0.05, 0.1) is 6.42 Å². The molecule has 0 saturated heterocycles. The zero-order valence-electron chi connectivity index (χ0n) is 27.7. The summed E-state index contributed by atoms with van der Waals surface area (Å²) in [6, 6.07) is 0. The molecular weight excluding hydrogens is 532 g/mol. The highest BCUT2D eigenvalue weighted by Crippen LogP contribution is 2.14. The first-order valence-corrected chi connectivity index (χ1v) is 17.4. The van der Waals surface area contributed by atoms with Crippen LogP contribution < -0.4 is 0 Å². The molecule has 0 rings (SSSR count). The van der Waals surface area contributed by atoms with Gasteiger partial charge < -0.3 is 9.84 Å². The molecule has 0 aromatic carbocycles. The molecule has 244 valence electrons. The molecule has 0 aliphatic heterocycles. The minimum absolute atomic E-state index is 0.160. The molecule has 1 atom stereocenters. The van der Waals surface area contributed by atoms with E-state index in [-0.39, 0.29) is 18.5 Å². The summed E-state index contributed by atoms with van der Waals surface area (Å²) in [6.07, 6.45) is 47.9. The van der Waals surface area contributed by atoms with Crippen LogP contribution in [0, 0.1) is 0 Å². The van der Waals surface area contributed by atoms with Gasteiger partial charge in [-0.15, -0.1) is 0 Å². The zero-order valence-corrected chi connectivity index (χ0v) is 27.7. The van der Waals surface area contributed by atoms with E-state index in [1.165, 1.54) is 44.9 Å². The van der Waals surface area contributed by atoms with Gasteiger partial charge in [-0.3, -0.25) is 9.59 Å². The molecule has 4 heteroatoms. The highest BCUT2D eigenvalue weighted by atomic mass is 16.5. The van der Waals surface area contributed by atoms with Crippen LogP contribution in [0.4, 0.5) is 0 Å². The smallest absolute Gasteiger partial charge is 0.310 e. The minimum Gasteiger partial charge on any atom is -0.481 e. The van der Waals surface area contributed by atoms with Crippen molar-refractivity contribution in [2.75, 3.05) is 0 Å². The first-order valence-electron chi connectivity index (χ1n) is 17.4. The average Bonchev–Trinajstić information content (AvgIpc) is 2.99. The molecule has 43 heavy (non-hydrogen) atoms. The van der Waals surface area contributed by atoms with E-state index in [2.05, 4.69) is 74.6 Å². The third-order valence-corrected chi connectivity index (χ3v) is 7.18. The van der Waals surface area contributed by atoms with Crippen LogP contribution >= 0.6 is 0 Å². The largest absolute Gasteiger partial charge is 0.481 e. The van der Waals surface area contributed by atoms with Crippen LogP contribution in [0.1, 0.15) is 155 Å². The maximum absolute atomic E-state index is 12.5. The van der Waals surface area contributed by atoms with E-state index >= 15 is 0 Å². The number of carboxylic acids is 1. The Kier molecular flexibility index (Phi) is 31.8. The lowest BCUT2D eigenvalue weighted by atomic mass is 10.0. The van der Waals surface area contributed by atoms with E-state index in [9.17, 15) is 9.59 Å². The molecule has 0 aliphatic rings. The van der Waals surface area contributed by atoms with Crippen LogP contribution in [-0.4, -0.2) is 23.1 Å².